The highest BCUT2D eigenvalue weighted by Crippen LogP contribution is 2.29. The van der Waals surface area contributed by atoms with Crippen LogP contribution >= 0.6 is 11.6 Å². The van der Waals surface area contributed by atoms with Gasteiger partial charge in [0.2, 0.25) is 0 Å². The summed E-state index contributed by atoms with van der Waals surface area (Å²) in [6, 6.07) is 22.6. The molecule has 0 unspecified atom stereocenters. The number of nitrogens with zero attached hydrogens (tertiary/aromatic N) is 1. The average Bonchev–Trinajstić information content (AvgIpc) is 3.00. The first-order chi connectivity index (χ1) is 14.4. The van der Waals surface area contributed by atoms with Crippen LogP contribution in [0.1, 0.15) is 27.2 Å². The number of nitrogens with one attached hydrogen (secondary N) is 1. The highest BCUT2D eigenvalue weighted by molar-refractivity contribution is 6.48. The van der Waals surface area contributed by atoms with Crippen molar-refractivity contribution in [2.45, 2.75) is 20.4 Å². The van der Waals surface area contributed by atoms with Gasteiger partial charge in [-0.1, -0.05) is 53.6 Å². The normalized spacial score (nSPS) is 10.9. The van der Waals surface area contributed by atoms with E-state index in [4.69, 9.17) is 11.6 Å². The van der Waals surface area contributed by atoms with Crippen LogP contribution in [0.4, 0.5) is 5.69 Å². The highest BCUT2D eigenvalue weighted by atomic mass is 35.5. The Morgan fingerprint density at radius 3 is 2.33 bits per heavy atom. The molecule has 150 valence electrons. The van der Waals surface area contributed by atoms with E-state index in [1.165, 1.54) is 0 Å². The van der Waals surface area contributed by atoms with Crippen LogP contribution in [0, 0.1) is 13.8 Å². The lowest BCUT2D eigenvalue weighted by molar-refractivity contribution is -0.112. The Labute approximate surface area is 180 Å². The standard InChI is InChI=1S/C25H21ClN2O2/c1-16-8-13-22-21(14-16)23(24(29)25(30)27-20-6-4-3-5-7-20)17(2)28(22)15-18-9-11-19(26)12-10-18/h3-14H,15H2,1-2H3,(H,27,30). The molecule has 0 saturated carbocycles. The fraction of sp³-hybridized carbons (Fsp3) is 0.120. The summed E-state index contributed by atoms with van der Waals surface area (Å²) in [5.41, 5.74) is 4.81. The molecule has 30 heavy (non-hydrogen) atoms. The van der Waals surface area contributed by atoms with E-state index in [-0.39, 0.29) is 0 Å². The number of aryl methyl sites for hydroxylation is 1. The largest absolute Gasteiger partial charge is 0.340 e. The Morgan fingerprint density at radius 1 is 0.933 bits per heavy atom. The molecule has 0 aliphatic carbocycles. The number of carbonyl (C=O) groups is 2. The number of Topliss-reactive ketones (excluding diaryl/α,β-unsaturated/α-hetero) is 1. The van der Waals surface area contributed by atoms with Crippen LogP contribution in [0.25, 0.3) is 10.9 Å². The van der Waals surface area contributed by atoms with Crippen molar-refractivity contribution in [3.8, 4) is 0 Å². The maximum atomic E-state index is 13.2. The second kappa shape index (κ2) is 8.17. The summed E-state index contributed by atoms with van der Waals surface area (Å²) in [6.45, 7) is 4.44. The number of para-hydroxylation sites is 1. The van der Waals surface area contributed by atoms with Gasteiger partial charge in [0.25, 0.3) is 11.7 Å². The lowest BCUT2D eigenvalue weighted by Gasteiger charge is -2.09. The first-order valence-corrected chi connectivity index (χ1v) is 10.1. The first-order valence-electron chi connectivity index (χ1n) is 9.68. The van der Waals surface area contributed by atoms with E-state index in [0.29, 0.717) is 22.8 Å². The maximum Gasteiger partial charge on any atom is 0.296 e. The lowest BCUT2D eigenvalue weighted by Crippen LogP contribution is -2.23. The van der Waals surface area contributed by atoms with Crippen molar-refractivity contribution in [2.75, 3.05) is 5.32 Å². The second-order valence-electron chi connectivity index (χ2n) is 7.34. The summed E-state index contributed by atoms with van der Waals surface area (Å²) < 4.78 is 2.07. The van der Waals surface area contributed by atoms with Crippen molar-refractivity contribution in [2.24, 2.45) is 0 Å². The molecule has 1 amide bonds. The van der Waals surface area contributed by atoms with Crippen LogP contribution in [0.5, 0.6) is 0 Å². The molecular weight excluding hydrogens is 396 g/mol. The minimum Gasteiger partial charge on any atom is -0.340 e. The number of ketones is 1. The van der Waals surface area contributed by atoms with E-state index in [2.05, 4.69) is 9.88 Å². The number of anilines is 1. The summed E-state index contributed by atoms with van der Waals surface area (Å²) in [5, 5.41) is 4.16. The number of rotatable bonds is 5. The zero-order chi connectivity index (χ0) is 21.3. The Hall–Kier alpha value is -3.37. The number of halogens is 1. The molecule has 0 radical (unpaired) electrons. The SMILES string of the molecule is Cc1ccc2c(c1)c(C(=O)C(=O)Nc1ccccc1)c(C)n2Cc1ccc(Cl)cc1. The fourth-order valence-corrected chi connectivity index (χ4v) is 3.81. The molecule has 4 nitrogen and oxygen atoms in total. The van der Waals surface area contributed by atoms with Gasteiger partial charge < -0.3 is 9.88 Å². The van der Waals surface area contributed by atoms with E-state index < -0.39 is 11.7 Å². The van der Waals surface area contributed by atoms with Crippen molar-refractivity contribution in [1.29, 1.82) is 0 Å². The lowest BCUT2D eigenvalue weighted by atomic mass is 10.0. The summed E-state index contributed by atoms with van der Waals surface area (Å²) in [4.78, 5) is 25.9. The zero-order valence-corrected chi connectivity index (χ0v) is 17.5. The van der Waals surface area contributed by atoms with Gasteiger partial charge in [-0.15, -0.1) is 0 Å². The van der Waals surface area contributed by atoms with Gasteiger partial charge in [-0.2, -0.15) is 0 Å². The minimum absolute atomic E-state index is 0.441. The third kappa shape index (κ3) is 3.87. The van der Waals surface area contributed by atoms with Crippen molar-refractivity contribution in [3.63, 3.8) is 0 Å². The van der Waals surface area contributed by atoms with Crippen LogP contribution in [0.2, 0.25) is 5.02 Å². The molecule has 0 atom stereocenters. The molecule has 4 rings (SSSR count). The predicted molar refractivity (Wildman–Crippen MR) is 121 cm³/mol. The van der Waals surface area contributed by atoms with Gasteiger partial charge in [-0.25, -0.2) is 0 Å². The van der Waals surface area contributed by atoms with E-state index in [9.17, 15) is 9.59 Å². The first kappa shape index (κ1) is 19.9. The average molecular weight is 417 g/mol. The van der Waals surface area contributed by atoms with Gasteiger partial charge in [-0.3, -0.25) is 9.59 Å². The van der Waals surface area contributed by atoms with Crippen molar-refractivity contribution in [1.82, 2.24) is 4.57 Å². The van der Waals surface area contributed by atoms with Gasteiger partial charge >= 0.3 is 0 Å². The van der Waals surface area contributed by atoms with E-state index in [1.807, 2.05) is 74.5 Å². The number of aromatic nitrogens is 1. The summed E-state index contributed by atoms with van der Waals surface area (Å²) in [6.07, 6.45) is 0. The van der Waals surface area contributed by atoms with Gasteiger partial charge in [0.1, 0.15) is 0 Å². The van der Waals surface area contributed by atoms with Gasteiger partial charge in [0, 0.05) is 33.9 Å². The molecular formula is C25H21ClN2O2. The Kier molecular flexibility index (Phi) is 5.42. The third-order valence-electron chi connectivity index (χ3n) is 5.20. The smallest absolute Gasteiger partial charge is 0.296 e. The number of hydrogen-bond donors (Lipinski definition) is 1. The molecule has 3 aromatic carbocycles. The van der Waals surface area contributed by atoms with Crippen LogP contribution in [-0.2, 0) is 11.3 Å². The number of benzene rings is 3. The molecule has 5 heteroatoms. The number of amides is 1. The number of hydrogen-bond acceptors (Lipinski definition) is 2. The van der Waals surface area contributed by atoms with Gasteiger partial charge in [0.05, 0.1) is 5.56 Å². The topological polar surface area (TPSA) is 51.1 Å². The van der Waals surface area contributed by atoms with Crippen LogP contribution < -0.4 is 5.32 Å². The molecule has 1 aromatic heterocycles. The van der Waals surface area contributed by atoms with Crippen LogP contribution in [0.3, 0.4) is 0 Å². The molecule has 1 heterocycles. The molecule has 0 saturated heterocycles. The van der Waals surface area contributed by atoms with Gasteiger partial charge in [-0.05, 0) is 55.8 Å². The maximum absolute atomic E-state index is 13.2. The van der Waals surface area contributed by atoms with E-state index in [1.54, 1.807) is 12.1 Å². The molecule has 0 aliphatic rings. The van der Waals surface area contributed by atoms with Crippen LogP contribution in [0.15, 0.2) is 72.8 Å². The molecule has 0 fully saturated rings. The Balaban J connectivity index is 1.76. The fourth-order valence-electron chi connectivity index (χ4n) is 3.68. The molecule has 4 aromatic rings. The van der Waals surface area contributed by atoms with Crippen molar-refractivity contribution >= 4 is 39.9 Å². The highest BCUT2D eigenvalue weighted by Gasteiger charge is 2.25. The van der Waals surface area contributed by atoms with Crippen LogP contribution in [-0.4, -0.2) is 16.3 Å². The molecule has 0 aliphatic heterocycles. The van der Waals surface area contributed by atoms with Gasteiger partial charge in [0.15, 0.2) is 0 Å². The van der Waals surface area contributed by atoms with Crippen molar-refractivity contribution in [3.05, 3.63) is 100 Å². The summed E-state index contributed by atoms with van der Waals surface area (Å²) in [7, 11) is 0. The summed E-state index contributed by atoms with van der Waals surface area (Å²) in [5.74, 6) is -1.18. The van der Waals surface area contributed by atoms with Crippen molar-refractivity contribution < 1.29 is 9.59 Å². The number of carbonyl (C=O) groups excluding carboxylic acids is 2. The number of fused-ring (bicyclic) bond motifs is 1. The quantitative estimate of drug-likeness (QED) is 0.331. The monoisotopic (exact) mass is 416 g/mol. The van der Waals surface area contributed by atoms with E-state index >= 15 is 0 Å². The Bertz CT molecular complexity index is 1240. The molecule has 1 N–H and O–H groups in total. The molecule has 0 bridgehead atoms. The zero-order valence-electron chi connectivity index (χ0n) is 16.8. The minimum atomic E-state index is -0.642. The third-order valence-corrected chi connectivity index (χ3v) is 5.45. The van der Waals surface area contributed by atoms with E-state index in [0.717, 1.165) is 27.7 Å². The predicted octanol–water partition coefficient (Wildman–Crippen LogP) is 5.78. The Morgan fingerprint density at radius 2 is 1.63 bits per heavy atom. The summed E-state index contributed by atoms with van der Waals surface area (Å²) >= 11 is 6.01. The molecule has 0 spiro atoms. The second-order valence-corrected chi connectivity index (χ2v) is 7.78.